The molecule has 1 heterocycles. The van der Waals surface area contributed by atoms with Crippen molar-refractivity contribution >= 4 is 39.2 Å². The van der Waals surface area contributed by atoms with Crippen molar-refractivity contribution in [2.24, 2.45) is 0 Å². The van der Waals surface area contributed by atoms with Crippen LogP contribution in [0.5, 0.6) is 0 Å². The van der Waals surface area contributed by atoms with E-state index in [9.17, 15) is 0 Å². The number of H-pyrrole nitrogens is 1. The molecular weight excluding hydrogens is 320 g/mol. The Bertz CT molecular complexity index is 810. The lowest BCUT2D eigenvalue weighted by atomic mass is 10.2. The molecule has 0 aliphatic heterocycles. The molecule has 0 radical (unpaired) electrons. The van der Waals surface area contributed by atoms with Crippen molar-refractivity contribution in [2.75, 3.05) is 0 Å². The number of nitrogens with one attached hydrogen (secondary N) is 1. The monoisotopic (exact) mass is 332 g/mol. The van der Waals surface area contributed by atoms with Crippen molar-refractivity contribution in [1.82, 2.24) is 9.55 Å². The lowest BCUT2D eigenvalue weighted by Gasteiger charge is -2.07. The Hall–Kier alpha value is -1.39. The summed E-state index contributed by atoms with van der Waals surface area (Å²) in [4.78, 5) is 3.30. The summed E-state index contributed by atoms with van der Waals surface area (Å²) in [6.07, 6.45) is 0. The maximum Gasteiger partial charge on any atom is 0.182 e. The predicted molar refractivity (Wildman–Crippen MR) is 85.6 cm³/mol. The molecule has 0 unspecified atom stereocenters. The SMILES string of the molecule is Cc1cc(Br)cc(-n2c(=S)[nH]c3c(C)cccc32)c1. The van der Waals surface area contributed by atoms with Gasteiger partial charge in [0.15, 0.2) is 4.77 Å². The average molecular weight is 333 g/mol. The van der Waals surface area contributed by atoms with E-state index in [0.29, 0.717) is 0 Å². The molecule has 0 aliphatic rings. The molecule has 0 amide bonds. The molecule has 96 valence electrons. The summed E-state index contributed by atoms with van der Waals surface area (Å²) in [7, 11) is 0. The highest BCUT2D eigenvalue weighted by Crippen LogP contribution is 2.25. The molecule has 0 bridgehead atoms. The summed E-state index contributed by atoms with van der Waals surface area (Å²) in [5, 5.41) is 0. The second-order valence-corrected chi connectivity index (χ2v) is 6.02. The third kappa shape index (κ3) is 2.15. The minimum atomic E-state index is 0.724. The molecule has 0 aliphatic carbocycles. The van der Waals surface area contributed by atoms with Gasteiger partial charge in [-0.15, -0.1) is 0 Å². The number of para-hydroxylation sites is 1. The van der Waals surface area contributed by atoms with Gasteiger partial charge < -0.3 is 4.98 Å². The smallest absolute Gasteiger partial charge is 0.182 e. The van der Waals surface area contributed by atoms with Crippen LogP contribution in [-0.4, -0.2) is 9.55 Å². The first-order valence-corrected chi connectivity index (χ1v) is 7.24. The minimum absolute atomic E-state index is 0.724. The normalized spacial score (nSPS) is 11.1. The van der Waals surface area contributed by atoms with Crippen LogP contribution in [0.2, 0.25) is 0 Å². The van der Waals surface area contributed by atoms with Gasteiger partial charge in [-0.2, -0.15) is 0 Å². The number of fused-ring (bicyclic) bond motifs is 1. The summed E-state index contributed by atoms with van der Waals surface area (Å²) < 4.78 is 3.86. The zero-order chi connectivity index (χ0) is 13.6. The van der Waals surface area contributed by atoms with Crippen molar-refractivity contribution in [2.45, 2.75) is 13.8 Å². The van der Waals surface area contributed by atoms with Gasteiger partial charge in [-0.05, 0) is 61.5 Å². The molecule has 4 heteroatoms. The molecule has 1 N–H and O–H groups in total. The number of aryl methyl sites for hydroxylation is 2. The number of aromatic nitrogens is 2. The third-order valence-electron chi connectivity index (χ3n) is 3.21. The van der Waals surface area contributed by atoms with E-state index in [2.05, 4.69) is 75.7 Å². The fraction of sp³-hybridized carbons (Fsp3) is 0.133. The van der Waals surface area contributed by atoms with Crippen LogP contribution in [0.15, 0.2) is 40.9 Å². The Morgan fingerprint density at radius 1 is 1.16 bits per heavy atom. The largest absolute Gasteiger partial charge is 0.330 e. The molecule has 0 fully saturated rings. The molecule has 19 heavy (non-hydrogen) atoms. The highest BCUT2D eigenvalue weighted by atomic mass is 79.9. The summed E-state index contributed by atoms with van der Waals surface area (Å²) in [5.41, 5.74) is 5.70. The Kier molecular flexibility index (Phi) is 3.07. The molecule has 0 saturated carbocycles. The molecule has 2 nitrogen and oxygen atoms in total. The van der Waals surface area contributed by atoms with Crippen LogP contribution in [0.25, 0.3) is 16.7 Å². The molecule has 3 rings (SSSR count). The predicted octanol–water partition coefficient (Wildman–Crippen LogP) is 5.07. The van der Waals surface area contributed by atoms with Crippen LogP contribution < -0.4 is 0 Å². The molecular formula is C15H13BrN2S. The van der Waals surface area contributed by atoms with E-state index in [0.717, 1.165) is 26.0 Å². The number of imidazole rings is 1. The zero-order valence-corrected chi connectivity index (χ0v) is 13.1. The van der Waals surface area contributed by atoms with Gasteiger partial charge in [-0.3, -0.25) is 4.57 Å². The lowest BCUT2D eigenvalue weighted by molar-refractivity contribution is 1.06. The molecule has 2 aromatic carbocycles. The highest BCUT2D eigenvalue weighted by molar-refractivity contribution is 9.10. The molecule has 0 saturated heterocycles. The van der Waals surface area contributed by atoms with Crippen molar-refractivity contribution < 1.29 is 0 Å². The Morgan fingerprint density at radius 2 is 1.95 bits per heavy atom. The number of nitrogens with zero attached hydrogens (tertiary/aromatic N) is 1. The standard InChI is InChI=1S/C15H13BrN2S/c1-9-6-11(16)8-12(7-9)18-13-5-3-4-10(2)14(13)17-15(18)19/h3-8H,1-2H3,(H,17,19). The minimum Gasteiger partial charge on any atom is -0.330 e. The highest BCUT2D eigenvalue weighted by Gasteiger charge is 2.08. The van der Waals surface area contributed by atoms with Crippen molar-refractivity contribution in [3.8, 4) is 5.69 Å². The number of hydrogen-bond donors (Lipinski definition) is 1. The van der Waals surface area contributed by atoms with Crippen LogP contribution in [0.1, 0.15) is 11.1 Å². The Balaban J connectivity index is 2.39. The van der Waals surface area contributed by atoms with E-state index in [1.807, 2.05) is 0 Å². The molecule has 3 aromatic rings. The number of hydrogen-bond acceptors (Lipinski definition) is 1. The van der Waals surface area contributed by atoms with Gasteiger partial charge in [0.05, 0.1) is 11.0 Å². The first-order chi connectivity index (χ1) is 9.06. The second-order valence-electron chi connectivity index (χ2n) is 4.72. The van der Waals surface area contributed by atoms with Gasteiger partial charge in [-0.25, -0.2) is 0 Å². The van der Waals surface area contributed by atoms with Crippen molar-refractivity contribution in [3.63, 3.8) is 0 Å². The fourth-order valence-electron chi connectivity index (χ4n) is 2.38. The van der Waals surface area contributed by atoms with Gasteiger partial charge in [0.1, 0.15) is 0 Å². The zero-order valence-electron chi connectivity index (χ0n) is 10.7. The van der Waals surface area contributed by atoms with Crippen LogP contribution in [-0.2, 0) is 0 Å². The fourth-order valence-corrected chi connectivity index (χ4v) is 3.28. The summed E-state index contributed by atoms with van der Waals surface area (Å²) in [6, 6.07) is 12.5. The van der Waals surface area contributed by atoms with Gasteiger partial charge in [0.2, 0.25) is 0 Å². The topological polar surface area (TPSA) is 20.7 Å². The average Bonchev–Trinajstić information content (AvgIpc) is 2.65. The van der Waals surface area contributed by atoms with Crippen molar-refractivity contribution in [1.29, 1.82) is 0 Å². The maximum absolute atomic E-state index is 5.47. The number of rotatable bonds is 1. The van der Waals surface area contributed by atoms with Gasteiger partial charge in [0, 0.05) is 10.2 Å². The summed E-state index contributed by atoms with van der Waals surface area (Å²) in [5.74, 6) is 0. The number of aromatic amines is 1. The number of halogens is 1. The Labute approximate surface area is 125 Å². The van der Waals surface area contributed by atoms with Crippen molar-refractivity contribution in [3.05, 3.63) is 56.8 Å². The molecule has 0 atom stereocenters. The van der Waals surface area contributed by atoms with E-state index >= 15 is 0 Å². The summed E-state index contributed by atoms with van der Waals surface area (Å²) >= 11 is 9.02. The van der Waals surface area contributed by atoms with Gasteiger partial charge in [0.25, 0.3) is 0 Å². The first kappa shape index (κ1) is 12.6. The van der Waals surface area contributed by atoms with Crippen LogP contribution in [0, 0.1) is 18.6 Å². The quantitative estimate of drug-likeness (QED) is 0.617. The van der Waals surface area contributed by atoms with E-state index in [4.69, 9.17) is 12.2 Å². The van der Waals surface area contributed by atoms with Crippen LogP contribution >= 0.6 is 28.1 Å². The molecule has 0 spiro atoms. The van der Waals surface area contributed by atoms with Crippen LogP contribution in [0.4, 0.5) is 0 Å². The number of benzene rings is 2. The first-order valence-electron chi connectivity index (χ1n) is 6.04. The third-order valence-corrected chi connectivity index (χ3v) is 3.95. The van der Waals surface area contributed by atoms with Crippen LogP contribution in [0.3, 0.4) is 0 Å². The van der Waals surface area contributed by atoms with E-state index in [-0.39, 0.29) is 0 Å². The van der Waals surface area contributed by atoms with E-state index in [1.54, 1.807) is 0 Å². The van der Waals surface area contributed by atoms with E-state index < -0.39 is 0 Å². The molecule has 1 aromatic heterocycles. The van der Waals surface area contributed by atoms with Gasteiger partial charge in [-0.1, -0.05) is 28.1 Å². The Morgan fingerprint density at radius 3 is 2.68 bits per heavy atom. The maximum atomic E-state index is 5.47. The second kappa shape index (κ2) is 4.62. The lowest BCUT2D eigenvalue weighted by Crippen LogP contribution is -1.94. The van der Waals surface area contributed by atoms with Gasteiger partial charge >= 0.3 is 0 Å². The van der Waals surface area contributed by atoms with E-state index in [1.165, 1.54) is 11.1 Å². The summed E-state index contributed by atoms with van der Waals surface area (Å²) in [6.45, 7) is 4.17.